The van der Waals surface area contributed by atoms with Crippen LogP contribution in [0.25, 0.3) is 11.3 Å². The molecule has 0 amide bonds. The Morgan fingerprint density at radius 2 is 2.35 bits per heavy atom. The van der Waals surface area contributed by atoms with Gasteiger partial charge in [0, 0.05) is 5.56 Å². The van der Waals surface area contributed by atoms with Crippen LogP contribution in [0.2, 0.25) is 0 Å². The molecule has 4 nitrogen and oxygen atoms in total. The molecule has 0 saturated carbocycles. The van der Waals surface area contributed by atoms with Gasteiger partial charge in [0.2, 0.25) is 0 Å². The van der Waals surface area contributed by atoms with Gasteiger partial charge in [-0.2, -0.15) is 0 Å². The van der Waals surface area contributed by atoms with E-state index in [-0.39, 0.29) is 18.1 Å². The van der Waals surface area contributed by atoms with Crippen molar-refractivity contribution in [3.8, 4) is 11.3 Å². The molecule has 0 unspecified atom stereocenters. The van der Waals surface area contributed by atoms with E-state index in [1.807, 2.05) is 0 Å². The normalized spacial score (nSPS) is 10.2. The van der Waals surface area contributed by atoms with Crippen LogP contribution in [0, 0.1) is 5.82 Å². The fourth-order valence-corrected chi connectivity index (χ4v) is 1.43. The quantitative estimate of drug-likeness (QED) is 0.767. The van der Waals surface area contributed by atoms with Crippen LogP contribution >= 0.6 is 0 Å². The van der Waals surface area contributed by atoms with Crippen LogP contribution in [-0.2, 0) is 4.74 Å². The number of esters is 1. The van der Waals surface area contributed by atoms with Crippen molar-refractivity contribution in [3.05, 3.63) is 42.2 Å². The molecule has 0 aliphatic heterocycles. The van der Waals surface area contributed by atoms with Gasteiger partial charge < -0.3 is 9.15 Å². The maximum absolute atomic E-state index is 13.1. The summed E-state index contributed by atoms with van der Waals surface area (Å²) in [6, 6.07) is 5.74. The highest BCUT2D eigenvalue weighted by Crippen LogP contribution is 2.24. The molecule has 2 aromatic rings. The summed E-state index contributed by atoms with van der Waals surface area (Å²) >= 11 is 0. The average Bonchev–Trinajstić information content (AvgIpc) is 2.78. The SMILES string of the molecule is CCOC(=O)c1ncoc1-c1cccc(F)c1. The zero-order chi connectivity index (χ0) is 12.3. The number of carbonyl (C=O) groups is 1. The summed E-state index contributed by atoms with van der Waals surface area (Å²) in [5, 5.41) is 0. The second-order valence-electron chi connectivity index (χ2n) is 3.26. The van der Waals surface area contributed by atoms with Crippen molar-refractivity contribution in [1.29, 1.82) is 0 Å². The van der Waals surface area contributed by atoms with Crippen LogP contribution in [0.15, 0.2) is 35.1 Å². The predicted octanol–water partition coefficient (Wildman–Crippen LogP) is 2.66. The molecule has 1 aromatic carbocycles. The molecular weight excluding hydrogens is 225 g/mol. The van der Waals surface area contributed by atoms with Gasteiger partial charge in [-0.05, 0) is 19.1 Å². The Balaban J connectivity index is 2.40. The number of nitrogens with zero attached hydrogens (tertiary/aromatic N) is 1. The van der Waals surface area contributed by atoms with E-state index in [4.69, 9.17) is 9.15 Å². The lowest BCUT2D eigenvalue weighted by atomic mass is 10.1. The van der Waals surface area contributed by atoms with Gasteiger partial charge >= 0.3 is 5.97 Å². The number of carbonyl (C=O) groups excluding carboxylic acids is 1. The molecule has 0 aliphatic carbocycles. The van der Waals surface area contributed by atoms with Crippen molar-refractivity contribution in [2.24, 2.45) is 0 Å². The second kappa shape index (κ2) is 4.78. The van der Waals surface area contributed by atoms with Gasteiger partial charge in [0.05, 0.1) is 6.61 Å². The molecule has 88 valence electrons. The van der Waals surface area contributed by atoms with Gasteiger partial charge in [0.1, 0.15) is 5.82 Å². The molecule has 0 saturated heterocycles. The second-order valence-corrected chi connectivity index (χ2v) is 3.26. The highest BCUT2D eigenvalue weighted by atomic mass is 19.1. The predicted molar refractivity (Wildman–Crippen MR) is 57.9 cm³/mol. The Hall–Kier alpha value is -2.17. The summed E-state index contributed by atoms with van der Waals surface area (Å²) in [5.74, 6) is -0.780. The number of hydrogen-bond donors (Lipinski definition) is 0. The van der Waals surface area contributed by atoms with Gasteiger partial charge in [0.15, 0.2) is 17.8 Å². The molecule has 0 radical (unpaired) electrons. The highest BCUT2D eigenvalue weighted by molar-refractivity contribution is 5.93. The van der Waals surface area contributed by atoms with Gasteiger partial charge in [-0.25, -0.2) is 14.2 Å². The minimum Gasteiger partial charge on any atom is -0.461 e. The fourth-order valence-electron chi connectivity index (χ4n) is 1.43. The van der Waals surface area contributed by atoms with Crippen molar-refractivity contribution >= 4 is 5.97 Å². The van der Waals surface area contributed by atoms with Gasteiger partial charge in [-0.3, -0.25) is 0 Å². The lowest BCUT2D eigenvalue weighted by Crippen LogP contribution is -2.06. The maximum Gasteiger partial charge on any atom is 0.360 e. The smallest absolute Gasteiger partial charge is 0.360 e. The van der Waals surface area contributed by atoms with Crippen LogP contribution < -0.4 is 0 Å². The van der Waals surface area contributed by atoms with Crippen molar-refractivity contribution in [1.82, 2.24) is 4.98 Å². The summed E-state index contributed by atoms with van der Waals surface area (Å²) < 4.78 is 23.0. The topological polar surface area (TPSA) is 52.3 Å². The molecule has 0 spiro atoms. The summed E-state index contributed by atoms with van der Waals surface area (Å²) in [6.45, 7) is 1.94. The van der Waals surface area contributed by atoms with E-state index in [0.717, 1.165) is 6.39 Å². The summed E-state index contributed by atoms with van der Waals surface area (Å²) in [7, 11) is 0. The van der Waals surface area contributed by atoms with Crippen LogP contribution in [-0.4, -0.2) is 17.6 Å². The Bertz CT molecular complexity index is 536. The summed E-state index contributed by atoms with van der Waals surface area (Å²) in [4.78, 5) is 15.3. The van der Waals surface area contributed by atoms with Crippen molar-refractivity contribution in [2.45, 2.75) is 6.92 Å². The molecule has 17 heavy (non-hydrogen) atoms. The van der Waals surface area contributed by atoms with E-state index in [0.29, 0.717) is 5.56 Å². The number of halogens is 1. The maximum atomic E-state index is 13.1. The number of rotatable bonds is 3. The number of oxazole rings is 1. The zero-order valence-corrected chi connectivity index (χ0v) is 9.14. The Morgan fingerprint density at radius 1 is 1.53 bits per heavy atom. The lowest BCUT2D eigenvalue weighted by Gasteiger charge is -2.01. The van der Waals surface area contributed by atoms with E-state index in [9.17, 15) is 9.18 Å². The van der Waals surface area contributed by atoms with Crippen molar-refractivity contribution < 1.29 is 18.3 Å². The third-order valence-corrected chi connectivity index (χ3v) is 2.12. The van der Waals surface area contributed by atoms with Crippen LogP contribution in [0.3, 0.4) is 0 Å². The number of aromatic nitrogens is 1. The number of ether oxygens (including phenoxy) is 1. The van der Waals surface area contributed by atoms with Crippen LogP contribution in [0.4, 0.5) is 4.39 Å². The first-order chi connectivity index (χ1) is 8.22. The fraction of sp³-hybridized carbons (Fsp3) is 0.167. The monoisotopic (exact) mass is 235 g/mol. The van der Waals surface area contributed by atoms with E-state index >= 15 is 0 Å². The van der Waals surface area contributed by atoms with E-state index in [2.05, 4.69) is 4.98 Å². The standard InChI is InChI=1S/C12H10FNO3/c1-2-16-12(15)10-11(17-7-14-10)8-4-3-5-9(13)6-8/h3-7H,2H2,1H3. The van der Waals surface area contributed by atoms with Crippen LogP contribution in [0.1, 0.15) is 17.4 Å². The average molecular weight is 235 g/mol. The van der Waals surface area contributed by atoms with Gasteiger partial charge in [0.25, 0.3) is 0 Å². The molecule has 0 bridgehead atoms. The van der Waals surface area contributed by atoms with Crippen molar-refractivity contribution in [3.63, 3.8) is 0 Å². The molecule has 0 aliphatic rings. The molecule has 2 rings (SSSR count). The number of hydrogen-bond acceptors (Lipinski definition) is 4. The first-order valence-electron chi connectivity index (χ1n) is 5.09. The Kier molecular flexibility index (Phi) is 3.18. The zero-order valence-electron chi connectivity index (χ0n) is 9.14. The van der Waals surface area contributed by atoms with Crippen LogP contribution in [0.5, 0.6) is 0 Å². The number of benzene rings is 1. The molecule has 5 heteroatoms. The van der Waals surface area contributed by atoms with E-state index < -0.39 is 11.8 Å². The minimum absolute atomic E-state index is 0.0532. The van der Waals surface area contributed by atoms with E-state index in [1.165, 1.54) is 18.2 Å². The lowest BCUT2D eigenvalue weighted by molar-refractivity contribution is 0.0520. The highest BCUT2D eigenvalue weighted by Gasteiger charge is 2.19. The minimum atomic E-state index is -0.583. The first kappa shape index (κ1) is 11.3. The Morgan fingerprint density at radius 3 is 3.06 bits per heavy atom. The first-order valence-corrected chi connectivity index (χ1v) is 5.09. The molecule has 0 atom stereocenters. The third kappa shape index (κ3) is 2.33. The summed E-state index contributed by atoms with van der Waals surface area (Å²) in [6.07, 6.45) is 1.13. The largest absolute Gasteiger partial charge is 0.461 e. The molecular formula is C12H10FNO3. The summed E-state index contributed by atoms with van der Waals surface area (Å²) in [5.41, 5.74) is 0.503. The molecule has 0 N–H and O–H groups in total. The van der Waals surface area contributed by atoms with Gasteiger partial charge in [-0.1, -0.05) is 12.1 Å². The van der Waals surface area contributed by atoms with Crippen molar-refractivity contribution in [2.75, 3.05) is 6.61 Å². The molecule has 1 aromatic heterocycles. The van der Waals surface area contributed by atoms with Gasteiger partial charge in [-0.15, -0.1) is 0 Å². The molecule has 1 heterocycles. The Labute approximate surface area is 97.0 Å². The van der Waals surface area contributed by atoms with E-state index in [1.54, 1.807) is 13.0 Å². The molecule has 0 fully saturated rings. The third-order valence-electron chi connectivity index (χ3n) is 2.12.